The lowest BCUT2D eigenvalue weighted by Crippen LogP contribution is -2.25. The van der Waals surface area contributed by atoms with Crippen LogP contribution in [0.5, 0.6) is 5.75 Å². The highest BCUT2D eigenvalue weighted by molar-refractivity contribution is 6.00. The molecule has 0 radical (unpaired) electrons. The van der Waals surface area contributed by atoms with Gasteiger partial charge in [-0.3, -0.25) is 4.79 Å². The summed E-state index contributed by atoms with van der Waals surface area (Å²) >= 11 is 0. The van der Waals surface area contributed by atoms with Gasteiger partial charge in [0.15, 0.2) is 5.78 Å². The first-order chi connectivity index (χ1) is 9.55. The van der Waals surface area contributed by atoms with Crippen molar-refractivity contribution in [2.75, 3.05) is 0 Å². The Kier molecular flexibility index (Phi) is 3.09. The van der Waals surface area contributed by atoms with Crippen molar-refractivity contribution in [2.24, 2.45) is 0 Å². The second-order valence-corrected chi connectivity index (χ2v) is 5.92. The van der Waals surface area contributed by atoms with Gasteiger partial charge in [-0.1, -0.05) is 42.5 Å². The van der Waals surface area contributed by atoms with E-state index >= 15 is 0 Å². The number of benzene rings is 2. The number of rotatable bonds is 3. The monoisotopic (exact) mass is 266 g/mol. The third-order valence-corrected chi connectivity index (χ3v) is 3.60. The summed E-state index contributed by atoms with van der Waals surface area (Å²) in [6.45, 7) is 4.11. The molecule has 3 rings (SSSR count). The number of carbonyl (C=O) groups is 1. The Bertz CT molecular complexity index is 642. The average Bonchev–Trinajstić information content (AvgIpc) is 2.73. The molecule has 102 valence electrons. The van der Waals surface area contributed by atoms with Crippen LogP contribution in [-0.2, 0) is 12.8 Å². The van der Waals surface area contributed by atoms with Crippen molar-refractivity contribution in [3.63, 3.8) is 0 Å². The third kappa shape index (κ3) is 2.46. The number of hydrogen-bond donors (Lipinski definition) is 0. The maximum Gasteiger partial charge on any atom is 0.170 e. The molecule has 0 N–H and O–H groups in total. The van der Waals surface area contributed by atoms with Gasteiger partial charge in [0.1, 0.15) is 11.4 Å². The molecular weight excluding hydrogens is 248 g/mol. The van der Waals surface area contributed by atoms with Gasteiger partial charge in [0.2, 0.25) is 0 Å². The highest BCUT2D eigenvalue weighted by atomic mass is 16.5. The zero-order valence-electron chi connectivity index (χ0n) is 11.8. The summed E-state index contributed by atoms with van der Waals surface area (Å²) in [5.74, 6) is 0.893. The van der Waals surface area contributed by atoms with E-state index in [0.717, 1.165) is 23.3 Å². The maximum absolute atomic E-state index is 12.5. The van der Waals surface area contributed by atoms with Crippen LogP contribution in [-0.4, -0.2) is 11.4 Å². The molecular formula is C18H18O2. The van der Waals surface area contributed by atoms with Crippen molar-refractivity contribution in [3.8, 4) is 5.75 Å². The summed E-state index contributed by atoms with van der Waals surface area (Å²) in [7, 11) is 0. The van der Waals surface area contributed by atoms with Crippen molar-refractivity contribution in [3.05, 3.63) is 65.2 Å². The highest BCUT2D eigenvalue weighted by Crippen LogP contribution is 2.37. The number of ether oxygens (including phenoxy) is 1. The molecule has 2 aromatic carbocycles. The van der Waals surface area contributed by atoms with Gasteiger partial charge >= 0.3 is 0 Å². The largest absolute Gasteiger partial charge is 0.486 e. The van der Waals surface area contributed by atoms with Crippen LogP contribution in [0.4, 0.5) is 0 Å². The fourth-order valence-electron chi connectivity index (χ4n) is 2.71. The quantitative estimate of drug-likeness (QED) is 0.789. The van der Waals surface area contributed by atoms with Crippen molar-refractivity contribution in [1.29, 1.82) is 0 Å². The molecule has 1 aliphatic rings. The van der Waals surface area contributed by atoms with E-state index in [1.165, 1.54) is 0 Å². The summed E-state index contributed by atoms with van der Waals surface area (Å²) in [4.78, 5) is 12.5. The molecule has 1 heterocycles. The van der Waals surface area contributed by atoms with Gasteiger partial charge in [0.25, 0.3) is 0 Å². The van der Waals surface area contributed by atoms with E-state index in [9.17, 15) is 4.79 Å². The van der Waals surface area contributed by atoms with Gasteiger partial charge in [-0.15, -0.1) is 0 Å². The van der Waals surface area contributed by atoms with E-state index in [1.807, 2.05) is 48.5 Å². The lowest BCUT2D eigenvalue weighted by atomic mass is 9.97. The third-order valence-electron chi connectivity index (χ3n) is 3.60. The molecule has 1 aliphatic heterocycles. The molecule has 0 unspecified atom stereocenters. The van der Waals surface area contributed by atoms with Crippen LogP contribution in [0.2, 0.25) is 0 Å². The SMILES string of the molecule is CC1(C)Cc2cccc(C(=O)Cc3ccccc3)c2O1. The molecule has 2 nitrogen and oxygen atoms in total. The lowest BCUT2D eigenvalue weighted by Gasteiger charge is -2.18. The highest BCUT2D eigenvalue weighted by Gasteiger charge is 2.32. The van der Waals surface area contributed by atoms with Crippen molar-refractivity contribution >= 4 is 5.78 Å². The second-order valence-electron chi connectivity index (χ2n) is 5.92. The summed E-state index contributed by atoms with van der Waals surface area (Å²) < 4.78 is 5.96. The van der Waals surface area contributed by atoms with E-state index in [2.05, 4.69) is 13.8 Å². The Balaban J connectivity index is 1.89. The van der Waals surface area contributed by atoms with Crippen LogP contribution in [0.25, 0.3) is 0 Å². The van der Waals surface area contributed by atoms with Crippen molar-refractivity contribution in [1.82, 2.24) is 0 Å². The number of ketones is 1. The molecule has 0 bridgehead atoms. The standard InChI is InChI=1S/C18H18O2/c1-18(2)12-14-9-6-10-15(17(14)20-18)16(19)11-13-7-4-3-5-8-13/h3-10H,11-12H2,1-2H3. The van der Waals surface area contributed by atoms with E-state index in [4.69, 9.17) is 4.74 Å². The number of para-hydroxylation sites is 1. The molecule has 0 spiro atoms. The maximum atomic E-state index is 12.5. The van der Waals surface area contributed by atoms with Crippen LogP contribution in [0.1, 0.15) is 35.3 Å². The Morgan fingerprint density at radius 3 is 2.60 bits per heavy atom. The van der Waals surface area contributed by atoms with E-state index in [-0.39, 0.29) is 11.4 Å². The minimum absolute atomic E-state index is 0.116. The van der Waals surface area contributed by atoms with Crippen LogP contribution >= 0.6 is 0 Å². The van der Waals surface area contributed by atoms with Crippen LogP contribution in [0.3, 0.4) is 0 Å². The Morgan fingerprint density at radius 1 is 1.10 bits per heavy atom. The molecule has 0 saturated heterocycles. The average molecular weight is 266 g/mol. The first-order valence-electron chi connectivity index (χ1n) is 6.93. The van der Waals surface area contributed by atoms with Gasteiger partial charge in [0, 0.05) is 12.8 Å². The van der Waals surface area contributed by atoms with Crippen molar-refractivity contribution in [2.45, 2.75) is 32.3 Å². The lowest BCUT2D eigenvalue weighted by molar-refractivity contribution is 0.0978. The zero-order valence-corrected chi connectivity index (χ0v) is 11.8. The normalized spacial score (nSPS) is 15.5. The number of hydrogen-bond acceptors (Lipinski definition) is 2. The summed E-state index contributed by atoms with van der Waals surface area (Å²) in [5, 5.41) is 0. The van der Waals surface area contributed by atoms with Gasteiger partial charge in [-0.05, 0) is 31.0 Å². The minimum Gasteiger partial charge on any atom is -0.486 e. The Labute approximate surface area is 119 Å². The summed E-state index contributed by atoms with van der Waals surface area (Å²) in [6, 6.07) is 15.7. The fourth-order valence-corrected chi connectivity index (χ4v) is 2.71. The van der Waals surface area contributed by atoms with E-state index in [1.54, 1.807) is 0 Å². The number of Topliss-reactive ketones (excluding diaryl/α,β-unsaturated/α-hetero) is 1. The van der Waals surface area contributed by atoms with Crippen molar-refractivity contribution < 1.29 is 9.53 Å². The molecule has 20 heavy (non-hydrogen) atoms. The molecule has 0 atom stereocenters. The smallest absolute Gasteiger partial charge is 0.170 e. The molecule has 0 aliphatic carbocycles. The van der Waals surface area contributed by atoms with Gasteiger partial charge < -0.3 is 4.74 Å². The molecule has 0 saturated carbocycles. The van der Waals surface area contributed by atoms with Gasteiger partial charge in [-0.25, -0.2) is 0 Å². The summed E-state index contributed by atoms with van der Waals surface area (Å²) in [5.41, 5.74) is 2.66. The fraction of sp³-hybridized carbons (Fsp3) is 0.278. The predicted molar refractivity (Wildman–Crippen MR) is 79.3 cm³/mol. The molecule has 0 fully saturated rings. The predicted octanol–water partition coefficient (Wildman–Crippen LogP) is 3.83. The topological polar surface area (TPSA) is 26.3 Å². The first kappa shape index (κ1) is 12.9. The molecule has 0 amide bonds. The molecule has 2 aromatic rings. The van der Waals surface area contributed by atoms with Gasteiger partial charge in [-0.2, -0.15) is 0 Å². The number of fused-ring (bicyclic) bond motifs is 1. The Morgan fingerprint density at radius 2 is 1.85 bits per heavy atom. The summed E-state index contributed by atoms with van der Waals surface area (Å²) in [6.07, 6.45) is 1.27. The number of carbonyl (C=O) groups excluding carboxylic acids is 1. The Hall–Kier alpha value is -2.09. The van der Waals surface area contributed by atoms with Crippen LogP contribution in [0.15, 0.2) is 48.5 Å². The van der Waals surface area contributed by atoms with Gasteiger partial charge in [0.05, 0.1) is 5.56 Å². The minimum atomic E-state index is -0.217. The van der Waals surface area contributed by atoms with Crippen LogP contribution < -0.4 is 4.74 Å². The van der Waals surface area contributed by atoms with E-state index in [0.29, 0.717) is 12.0 Å². The van der Waals surface area contributed by atoms with Crippen LogP contribution in [0, 0.1) is 0 Å². The molecule has 0 aromatic heterocycles. The zero-order chi connectivity index (χ0) is 14.2. The first-order valence-corrected chi connectivity index (χ1v) is 6.93. The second kappa shape index (κ2) is 4.78. The molecule has 2 heteroatoms. The van der Waals surface area contributed by atoms with E-state index < -0.39 is 0 Å².